The minimum absolute atomic E-state index is 0.175. The molecule has 0 atom stereocenters. The third-order valence-corrected chi connectivity index (χ3v) is 2.46. The van der Waals surface area contributed by atoms with Gasteiger partial charge in [0.1, 0.15) is 0 Å². The van der Waals surface area contributed by atoms with Crippen LogP contribution in [-0.2, 0) is 0 Å². The minimum atomic E-state index is 0.175. The fourth-order valence-corrected chi connectivity index (χ4v) is 1.75. The van der Waals surface area contributed by atoms with E-state index in [9.17, 15) is 0 Å². The lowest BCUT2D eigenvalue weighted by Crippen LogP contribution is -2.19. The van der Waals surface area contributed by atoms with Crippen molar-refractivity contribution < 1.29 is 0 Å². The summed E-state index contributed by atoms with van der Waals surface area (Å²) in [6, 6.07) is 3.39. The summed E-state index contributed by atoms with van der Waals surface area (Å²) in [5, 5.41) is 4.35. The summed E-state index contributed by atoms with van der Waals surface area (Å²) in [4.78, 5) is 0. The van der Waals surface area contributed by atoms with E-state index in [0.29, 0.717) is 15.7 Å². The van der Waals surface area contributed by atoms with Crippen molar-refractivity contribution in [2.24, 2.45) is 5.41 Å². The molecular formula is C11H16Cl2N2. The number of benzene rings is 1. The molecular weight excluding hydrogens is 231 g/mol. The zero-order valence-corrected chi connectivity index (χ0v) is 10.7. The van der Waals surface area contributed by atoms with Crippen LogP contribution in [0.2, 0.25) is 10.0 Å². The van der Waals surface area contributed by atoms with Crippen LogP contribution in [0, 0.1) is 5.41 Å². The molecule has 84 valence electrons. The van der Waals surface area contributed by atoms with Crippen molar-refractivity contribution in [1.82, 2.24) is 0 Å². The lowest BCUT2D eigenvalue weighted by Gasteiger charge is -2.21. The molecule has 0 spiro atoms. The van der Waals surface area contributed by atoms with Crippen molar-refractivity contribution in [3.05, 3.63) is 22.2 Å². The molecule has 0 heterocycles. The zero-order chi connectivity index (χ0) is 11.6. The first-order valence-electron chi connectivity index (χ1n) is 4.78. The summed E-state index contributed by atoms with van der Waals surface area (Å²) in [7, 11) is 0. The number of nitrogens with one attached hydrogen (secondary N) is 1. The van der Waals surface area contributed by atoms with Gasteiger partial charge in [0, 0.05) is 12.2 Å². The fraction of sp³-hybridized carbons (Fsp3) is 0.455. The van der Waals surface area contributed by atoms with Crippen molar-refractivity contribution in [2.75, 3.05) is 17.6 Å². The van der Waals surface area contributed by atoms with Crippen LogP contribution in [0.5, 0.6) is 0 Å². The van der Waals surface area contributed by atoms with Crippen molar-refractivity contribution in [3.8, 4) is 0 Å². The molecule has 0 saturated heterocycles. The molecule has 0 saturated carbocycles. The van der Waals surface area contributed by atoms with E-state index in [4.69, 9.17) is 28.9 Å². The molecule has 2 nitrogen and oxygen atoms in total. The Morgan fingerprint density at radius 3 is 2.07 bits per heavy atom. The lowest BCUT2D eigenvalue weighted by atomic mass is 9.97. The Hall–Kier alpha value is -0.600. The average molecular weight is 247 g/mol. The molecule has 0 aromatic heterocycles. The second kappa shape index (κ2) is 4.50. The molecule has 0 unspecified atom stereocenters. The summed E-state index contributed by atoms with van der Waals surface area (Å²) in [6.07, 6.45) is 0. The molecule has 0 aliphatic carbocycles. The SMILES string of the molecule is CC(C)(C)CNc1c(Cl)cc(N)cc1Cl. The van der Waals surface area contributed by atoms with Crippen LogP contribution in [0.1, 0.15) is 20.8 Å². The Kier molecular flexibility index (Phi) is 3.74. The largest absolute Gasteiger partial charge is 0.399 e. The van der Waals surface area contributed by atoms with Gasteiger partial charge in [-0.3, -0.25) is 0 Å². The van der Waals surface area contributed by atoms with Gasteiger partial charge in [0.15, 0.2) is 0 Å². The molecule has 15 heavy (non-hydrogen) atoms. The highest BCUT2D eigenvalue weighted by atomic mass is 35.5. The number of nitrogen functional groups attached to an aromatic ring is 1. The number of hydrogen-bond acceptors (Lipinski definition) is 2. The zero-order valence-electron chi connectivity index (χ0n) is 9.20. The Labute approximate surface area is 101 Å². The number of anilines is 2. The first-order chi connectivity index (χ1) is 6.79. The lowest BCUT2D eigenvalue weighted by molar-refractivity contribution is 0.443. The van der Waals surface area contributed by atoms with Crippen LogP contribution in [0.3, 0.4) is 0 Å². The second-order valence-corrected chi connectivity index (χ2v) is 5.59. The van der Waals surface area contributed by atoms with Crippen LogP contribution >= 0.6 is 23.2 Å². The van der Waals surface area contributed by atoms with Crippen molar-refractivity contribution >= 4 is 34.6 Å². The van der Waals surface area contributed by atoms with Gasteiger partial charge in [-0.1, -0.05) is 44.0 Å². The maximum atomic E-state index is 6.04. The van der Waals surface area contributed by atoms with Gasteiger partial charge in [-0.05, 0) is 17.5 Å². The number of nitrogens with two attached hydrogens (primary N) is 1. The topological polar surface area (TPSA) is 38.0 Å². The summed E-state index contributed by atoms with van der Waals surface area (Å²) in [5.41, 5.74) is 7.12. The monoisotopic (exact) mass is 246 g/mol. The molecule has 0 aliphatic rings. The molecule has 4 heteroatoms. The van der Waals surface area contributed by atoms with Crippen molar-refractivity contribution in [1.29, 1.82) is 0 Å². The maximum Gasteiger partial charge on any atom is 0.0720 e. The Morgan fingerprint density at radius 1 is 1.20 bits per heavy atom. The highest BCUT2D eigenvalue weighted by molar-refractivity contribution is 6.39. The number of hydrogen-bond donors (Lipinski definition) is 2. The molecule has 0 amide bonds. The predicted molar refractivity (Wildman–Crippen MR) is 68.8 cm³/mol. The molecule has 1 rings (SSSR count). The smallest absolute Gasteiger partial charge is 0.0720 e. The van der Waals surface area contributed by atoms with Gasteiger partial charge >= 0.3 is 0 Å². The van der Waals surface area contributed by atoms with Gasteiger partial charge in [-0.15, -0.1) is 0 Å². The number of rotatable bonds is 2. The molecule has 3 N–H and O–H groups in total. The highest BCUT2D eigenvalue weighted by Crippen LogP contribution is 2.33. The van der Waals surface area contributed by atoms with E-state index in [0.717, 1.165) is 12.2 Å². The molecule has 1 aromatic rings. The summed E-state index contributed by atoms with van der Waals surface area (Å²) >= 11 is 12.1. The highest BCUT2D eigenvalue weighted by Gasteiger charge is 2.12. The normalized spacial score (nSPS) is 11.5. The third-order valence-electron chi connectivity index (χ3n) is 1.86. The standard InChI is InChI=1S/C11H16Cl2N2/c1-11(2,3)6-15-10-8(12)4-7(14)5-9(10)13/h4-5,15H,6,14H2,1-3H3. The fourth-order valence-electron chi connectivity index (χ4n) is 1.12. The predicted octanol–water partition coefficient (Wildman–Crippen LogP) is 4.03. The number of halogens is 2. The van der Waals surface area contributed by atoms with Gasteiger partial charge < -0.3 is 11.1 Å². The van der Waals surface area contributed by atoms with Crippen LogP contribution in [-0.4, -0.2) is 6.54 Å². The Balaban J connectivity index is 2.86. The molecule has 1 aromatic carbocycles. The van der Waals surface area contributed by atoms with E-state index < -0.39 is 0 Å². The minimum Gasteiger partial charge on any atom is -0.399 e. The average Bonchev–Trinajstić information content (AvgIpc) is 1.99. The quantitative estimate of drug-likeness (QED) is 0.774. The van der Waals surface area contributed by atoms with E-state index in [-0.39, 0.29) is 5.41 Å². The third kappa shape index (κ3) is 3.80. The first kappa shape index (κ1) is 12.5. The second-order valence-electron chi connectivity index (χ2n) is 4.77. The molecule has 0 fully saturated rings. The Morgan fingerprint density at radius 2 is 1.67 bits per heavy atom. The Bertz CT molecular complexity index is 333. The van der Waals surface area contributed by atoms with Gasteiger partial charge in [-0.2, -0.15) is 0 Å². The summed E-state index contributed by atoms with van der Waals surface area (Å²) in [5.74, 6) is 0. The van der Waals surface area contributed by atoms with Gasteiger partial charge in [0.25, 0.3) is 0 Å². The van der Waals surface area contributed by atoms with Crippen LogP contribution < -0.4 is 11.1 Å². The van der Waals surface area contributed by atoms with Crippen molar-refractivity contribution in [3.63, 3.8) is 0 Å². The van der Waals surface area contributed by atoms with E-state index in [1.54, 1.807) is 12.1 Å². The van der Waals surface area contributed by atoms with Gasteiger partial charge in [0.2, 0.25) is 0 Å². The van der Waals surface area contributed by atoms with E-state index in [1.807, 2.05) is 0 Å². The van der Waals surface area contributed by atoms with Crippen LogP contribution in [0.25, 0.3) is 0 Å². The van der Waals surface area contributed by atoms with Crippen LogP contribution in [0.15, 0.2) is 12.1 Å². The summed E-state index contributed by atoms with van der Waals surface area (Å²) < 4.78 is 0. The molecule has 0 radical (unpaired) electrons. The van der Waals surface area contributed by atoms with E-state index in [1.165, 1.54) is 0 Å². The van der Waals surface area contributed by atoms with Gasteiger partial charge in [0.05, 0.1) is 15.7 Å². The van der Waals surface area contributed by atoms with Crippen molar-refractivity contribution in [2.45, 2.75) is 20.8 Å². The molecule has 0 aliphatic heterocycles. The summed E-state index contributed by atoms with van der Waals surface area (Å²) in [6.45, 7) is 7.22. The van der Waals surface area contributed by atoms with Gasteiger partial charge in [-0.25, -0.2) is 0 Å². The first-order valence-corrected chi connectivity index (χ1v) is 5.53. The van der Waals surface area contributed by atoms with Crippen LogP contribution in [0.4, 0.5) is 11.4 Å². The van der Waals surface area contributed by atoms with E-state index in [2.05, 4.69) is 26.1 Å². The molecule has 0 bridgehead atoms. The maximum absolute atomic E-state index is 6.04. The van der Waals surface area contributed by atoms with E-state index >= 15 is 0 Å².